The molecule has 0 N–H and O–H groups in total. The predicted molar refractivity (Wildman–Crippen MR) is 87.6 cm³/mol. The number of esters is 1. The SMILES string of the molecule is CCOC(=O)/C=C/c1c(F)cccc1Sc1ccc(Cl)cc1. The Morgan fingerprint density at radius 2 is 2.00 bits per heavy atom. The zero-order valence-electron chi connectivity index (χ0n) is 11.9. The number of ether oxygens (including phenoxy) is 1. The molecule has 114 valence electrons. The Balaban J connectivity index is 2.26. The Morgan fingerprint density at radius 3 is 2.68 bits per heavy atom. The first-order valence-electron chi connectivity index (χ1n) is 6.67. The third-order valence-corrected chi connectivity index (χ3v) is 4.06. The Bertz CT molecular complexity index is 684. The molecule has 0 aromatic heterocycles. The quantitative estimate of drug-likeness (QED) is 0.554. The molecule has 5 heteroatoms. The highest BCUT2D eigenvalue weighted by molar-refractivity contribution is 7.99. The van der Waals surface area contributed by atoms with Crippen LogP contribution in [0.5, 0.6) is 0 Å². The molecule has 0 aliphatic heterocycles. The molecule has 0 atom stereocenters. The maximum absolute atomic E-state index is 14.0. The summed E-state index contributed by atoms with van der Waals surface area (Å²) in [7, 11) is 0. The third kappa shape index (κ3) is 4.61. The largest absolute Gasteiger partial charge is 0.463 e. The monoisotopic (exact) mass is 336 g/mol. The summed E-state index contributed by atoms with van der Waals surface area (Å²) in [5.41, 5.74) is 0.357. The van der Waals surface area contributed by atoms with Crippen molar-refractivity contribution in [1.82, 2.24) is 0 Å². The van der Waals surface area contributed by atoms with Gasteiger partial charge in [0.1, 0.15) is 5.82 Å². The molecule has 0 saturated heterocycles. The van der Waals surface area contributed by atoms with Crippen molar-refractivity contribution < 1.29 is 13.9 Å². The van der Waals surface area contributed by atoms with E-state index in [0.717, 1.165) is 4.90 Å². The van der Waals surface area contributed by atoms with E-state index in [2.05, 4.69) is 0 Å². The van der Waals surface area contributed by atoms with E-state index in [4.69, 9.17) is 16.3 Å². The second-order valence-electron chi connectivity index (χ2n) is 4.29. The van der Waals surface area contributed by atoms with Crippen LogP contribution in [0.25, 0.3) is 6.08 Å². The van der Waals surface area contributed by atoms with Gasteiger partial charge in [-0.2, -0.15) is 0 Å². The van der Waals surface area contributed by atoms with Crippen molar-refractivity contribution in [2.24, 2.45) is 0 Å². The van der Waals surface area contributed by atoms with Gasteiger partial charge in [-0.25, -0.2) is 9.18 Å². The zero-order valence-corrected chi connectivity index (χ0v) is 13.5. The summed E-state index contributed by atoms with van der Waals surface area (Å²) < 4.78 is 18.8. The van der Waals surface area contributed by atoms with E-state index in [1.165, 1.54) is 30.0 Å². The Hall–Kier alpha value is -1.78. The van der Waals surface area contributed by atoms with Crippen LogP contribution in [0.2, 0.25) is 5.02 Å². The number of hydrogen-bond donors (Lipinski definition) is 0. The van der Waals surface area contributed by atoms with Gasteiger partial charge >= 0.3 is 5.97 Å². The van der Waals surface area contributed by atoms with Crippen molar-refractivity contribution in [3.63, 3.8) is 0 Å². The standard InChI is InChI=1S/C17H14ClFO2S/c1-2-21-17(20)11-10-14-15(19)4-3-5-16(14)22-13-8-6-12(18)7-9-13/h3-11H,2H2,1H3/b11-10+. The van der Waals surface area contributed by atoms with Crippen LogP contribution in [-0.4, -0.2) is 12.6 Å². The van der Waals surface area contributed by atoms with Crippen LogP contribution < -0.4 is 0 Å². The molecule has 2 nitrogen and oxygen atoms in total. The fraction of sp³-hybridized carbons (Fsp3) is 0.118. The number of halogens is 2. The van der Waals surface area contributed by atoms with Crippen molar-refractivity contribution in [2.75, 3.05) is 6.61 Å². The average Bonchev–Trinajstić information content (AvgIpc) is 2.49. The first kappa shape index (κ1) is 16.6. The van der Waals surface area contributed by atoms with Gasteiger partial charge in [0.15, 0.2) is 0 Å². The minimum atomic E-state index is -0.492. The van der Waals surface area contributed by atoms with Crippen LogP contribution in [0.4, 0.5) is 4.39 Å². The lowest BCUT2D eigenvalue weighted by molar-refractivity contribution is -0.137. The van der Waals surface area contributed by atoms with E-state index >= 15 is 0 Å². The summed E-state index contributed by atoms with van der Waals surface area (Å²) >= 11 is 7.25. The van der Waals surface area contributed by atoms with Gasteiger partial charge < -0.3 is 4.74 Å². The van der Waals surface area contributed by atoms with E-state index in [1.807, 2.05) is 12.1 Å². The molecule has 0 heterocycles. The van der Waals surface area contributed by atoms with Gasteiger partial charge in [0.25, 0.3) is 0 Å². The van der Waals surface area contributed by atoms with Crippen molar-refractivity contribution in [3.05, 3.63) is 64.9 Å². The van der Waals surface area contributed by atoms with Crippen molar-refractivity contribution in [2.45, 2.75) is 16.7 Å². The second kappa shape index (κ2) is 8.01. The highest BCUT2D eigenvalue weighted by Gasteiger charge is 2.08. The van der Waals surface area contributed by atoms with Crippen LogP contribution in [0, 0.1) is 5.82 Å². The van der Waals surface area contributed by atoms with Crippen molar-refractivity contribution in [3.8, 4) is 0 Å². The second-order valence-corrected chi connectivity index (χ2v) is 5.84. The normalized spacial score (nSPS) is 10.9. The molecule has 0 bridgehead atoms. The topological polar surface area (TPSA) is 26.3 Å². The number of hydrogen-bond acceptors (Lipinski definition) is 3. The Morgan fingerprint density at radius 1 is 1.27 bits per heavy atom. The molecule has 2 rings (SSSR count). The van der Waals surface area contributed by atoms with Gasteiger partial charge in [-0.1, -0.05) is 29.4 Å². The molecule has 0 aliphatic carbocycles. The smallest absolute Gasteiger partial charge is 0.330 e. The molecule has 0 fully saturated rings. The fourth-order valence-electron chi connectivity index (χ4n) is 1.74. The maximum Gasteiger partial charge on any atom is 0.330 e. The lowest BCUT2D eigenvalue weighted by Crippen LogP contribution is -1.99. The predicted octanol–water partition coefficient (Wildman–Crippen LogP) is 5.21. The van der Waals surface area contributed by atoms with E-state index in [0.29, 0.717) is 15.5 Å². The molecule has 0 radical (unpaired) electrons. The molecule has 2 aromatic rings. The minimum absolute atomic E-state index is 0.285. The van der Waals surface area contributed by atoms with Gasteiger partial charge in [0.05, 0.1) is 6.61 Å². The summed E-state index contributed by atoms with van der Waals surface area (Å²) in [6.45, 7) is 2.00. The molecule has 22 heavy (non-hydrogen) atoms. The fourth-order valence-corrected chi connectivity index (χ4v) is 2.81. The molecule has 0 aliphatic rings. The number of rotatable bonds is 5. The minimum Gasteiger partial charge on any atom is -0.463 e. The van der Waals surface area contributed by atoms with E-state index < -0.39 is 5.97 Å². The molecular formula is C17H14ClFO2S. The number of carbonyl (C=O) groups is 1. The number of benzene rings is 2. The van der Waals surface area contributed by atoms with E-state index in [1.54, 1.807) is 31.2 Å². The van der Waals surface area contributed by atoms with Crippen molar-refractivity contribution in [1.29, 1.82) is 0 Å². The molecular weight excluding hydrogens is 323 g/mol. The summed E-state index contributed by atoms with van der Waals surface area (Å²) in [6.07, 6.45) is 2.67. The highest BCUT2D eigenvalue weighted by Crippen LogP contribution is 2.33. The van der Waals surface area contributed by atoms with Gasteiger partial charge in [0, 0.05) is 26.5 Å². The summed E-state index contributed by atoms with van der Waals surface area (Å²) in [5.74, 6) is -0.882. The van der Waals surface area contributed by atoms with E-state index in [-0.39, 0.29) is 12.4 Å². The van der Waals surface area contributed by atoms with Gasteiger partial charge in [-0.3, -0.25) is 0 Å². The van der Waals surface area contributed by atoms with Gasteiger partial charge in [-0.05, 0) is 49.4 Å². The summed E-state index contributed by atoms with van der Waals surface area (Å²) in [6, 6.07) is 12.1. The number of carbonyl (C=O) groups excluding carboxylic acids is 1. The third-order valence-electron chi connectivity index (χ3n) is 2.73. The molecule has 0 saturated carbocycles. The van der Waals surface area contributed by atoms with Crippen LogP contribution >= 0.6 is 23.4 Å². The lowest BCUT2D eigenvalue weighted by Gasteiger charge is -2.07. The van der Waals surface area contributed by atoms with Crippen molar-refractivity contribution >= 4 is 35.4 Å². The lowest BCUT2D eigenvalue weighted by atomic mass is 10.2. The summed E-state index contributed by atoms with van der Waals surface area (Å²) in [4.78, 5) is 13.0. The first-order chi connectivity index (χ1) is 10.6. The molecule has 2 aromatic carbocycles. The van der Waals surface area contributed by atoms with Gasteiger partial charge in [0.2, 0.25) is 0 Å². The summed E-state index contributed by atoms with van der Waals surface area (Å²) in [5, 5.41) is 0.644. The first-order valence-corrected chi connectivity index (χ1v) is 7.86. The Labute approximate surface area is 137 Å². The van der Waals surface area contributed by atoms with Crippen LogP contribution in [0.1, 0.15) is 12.5 Å². The van der Waals surface area contributed by atoms with E-state index in [9.17, 15) is 9.18 Å². The van der Waals surface area contributed by atoms with Crippen LogP contribution in [0.15, 0.2) is 58.3 Å². The molecule has 0 unspecified atom stereocenters. The van der Waals surface area contributed by atoms with Gasteiger partial charge in [-0.15, -0.1) is 0 Å². The molecule has 0 spiro atoms. The zero-order chi connectivity index (χ0) is 15.9. The van der Waals surface area contributed by atoms with Crippen LogP contribution in [-0.2, 0) is 9.53 Å². The van der Waals surface area contributed by atoms with Crippen LogP contribution in [0.3, 0.4) is 0 Å². The maximum atomic E-state index is 14.0. The molecule has 0 amide bonds. The Kier molecular flexibility index (Phi) is 6.04. The average molecular weight is 337 g/mol. The highest BCUT2D eigenvalue weighted by atomic mass is 35.5.